The van der Waals surface area contributed by atoms with Gasteiger partial charge in [0.1, 0.15) is 12.0 Å². The van der Waals surface area contributed by atoms with Crippen LogP contribution in [0.25, 0.3) is 45.3 Å². The molecule has 0 saturated carbocycles. The van der Waals surface area contributed by atoms with Crippen LogP contribution in [-0.4, -0.2) is 9.97 Å². The van der Waals surface area contributed by atoms with Gasteiger partial charge in [0.2, 0.25) is 0 Å². The van der Waals surface area contributed by atoms with Crippen molar-refractivity contribution in [3.63, 3.8) is 0 Å². The average Bonchev–Trinajstić information content (AvgIpc) is 3.69. The van der Waals surface area contributed by atoms with E-state index in [0.717, 1.165) is 62.0 Å². The topological polar surface area (TPSA) is 52.7 Å². The molecular weight excluding hydrogens is 488 g/mol. The number of aromatic amines is 1. The lowest BCUT2D eigenvalue weighted by atomic mass is 10.1. The van der Waals surface area contributed by atoms with Gasteiger partial charge in [-0.1, -0.05) is 146 Å². The van der Waals surface area contributed by atoms with E-state index in [9.17, 15) is 0 Å². The minimum absolute atomic E-state index is 0.0455. The number of nitrogens with one attached hydrogen (secondary N) is 3. The SMILES string of the molecule is c1ccc(C2=C(c3ccccc3)NC(c3ccc(-c4nc(-c5ccccc5)c(-c5ccccc5)[nH]4)cc3)N2)cc1. The van der Waals surface area contributed by atoms with Gasteiger partial charge in [-0.2, -0.15) is 0 Å². The number of H-pyrrole nitrogens is 1. The second-order valence-corrected chi connectivity index (χ2v) is 9.87. The number of hydrogen-bond donors (Lipinski definition) is 3. The van der Waals surface area contributed by atoms with Crippen molar-refractivity contribution in [1.82, 2.24) is 20.6 Å². The molecule has 192 valence electrons. The molecule has 2 heterocycles. The van der Waals surface area contributed by atoms with Crippen LogP contribution in [0.5, 0.6) is 0 Å². The van der Waals surface area contributed by atoms with Crippen molar-refractivity contribution in [2.75, 3.05) is 0 Å². The summed E-state index contributed by atoms with van der Waals surface area (Å²) in [5.41, 5.74) is 10.9. The van der Waals surface area contributed by atoms with E-state index in [1.165, 1.54) is 0 Å². The van der Waals surface area contributed by atoms with Crippen LogP contribution in [0.3, 0.4) is 0 Å². The van der Waals surface area contributed by atoms with Crippen LogP contribution in [0.1, 0.15) is 22.9 Å². The molecule has 4 nitrogen and oxygen atoms in total. The van der Waals surface area contributed by atoms with Crippen molar-refractivity contribution in [1.29, 1.82) is 0 Å². The summed E-state index contributed by atoms with van der Waals surface area (Å²) in [6, 6.07) is 50.3. The van der Waals surface area contributed by atoms with Gasteiger partial charge in [-0.25, -0.2) is 4.98 Å². The molecular formula is C36H28N4. The Hall–Kier alpha value is -5.35. The molecule has 0 unspecified atom stereocenters. The van der Waals surface area contributed by atoms with Gasteiger partial charge in [-0.3, -0.25) is 0 Å². The molecule has 0 saturated heterocycles. The first-order chi connectivity index (χ1) is 19.8. The zero-order valence-corrected chi connectivity index (χ0v) is 21.9. The van der Waals surface area contributed by atoms with Crippen molar-refractivity contribution in [2.24, 2.45) is 0 Å². The second-order valence-electron chi connectivity index (χ2n) is 9.87. The highest BCUT2D eigenvalue weighted by atomic mass is 15.2. The number of rotatable bonds is 6. The fraction of sp³-hybridized carbons (Fsp3) is 0.0278. The number of imidazole rings is 1. The van der Waals surface area contributed by atoms with E-state index in [2.05, 4.69) is 137 Å². The third-order valence-corrected chi connectivity index (χ3v) is 7.28. The molecule has 3 N–H and O–H groups in total. The maximum absolute atomic E-state index is 5.06. The molecule has 40 heavy (non-hydrogen) atoms. The predicted molar refractivity (Wildman–Crippen MR) is 164 cm³/mol. The summed E-state index contributed by atoms with van der Waals surface area (Å²) >= 11 is 0. The van der Waals surface area contributed by atoms with E-state index in [0.29, 0.717) is 0 Å². The number of benzene rings is 5. The predicted octanol–water partition coefficient (Wildman–Crippen LogP) is 8.13. The summed E-state index contributed by atoms with van der Waals surface area (Å²) in [7, 11) is 0. The smallest absolute Gasteiger partial charge is 0.138 e. The number of hydrogen-bond acceptors (Lipinski definition) is 3. The van der Waals surface area contributed by atoms with Crippen molar-refractivity contribution in [3.8, 4) is 33.9 Å². The quantitative estimate of drug-likeness (QED) is 0.209. The van der Waals surface area contributed by atoms with Gasteiger partial charge in [0.15, 0.2) is 0 Å². The van der Waals surface area contributed by atoms with E-state index in [1.807, 2.05) is 24.3 Å². The average molecular weight is 517 g/mol. The Morgan fingerprint density at radius 3 is 1.38 bits per heavy atom. The first-order valence-electron chi connectivity index (χ1n) is 13.5. The highest BCUT2D eigenvalue weighted by Crippen LogP contribution is 2.35. The molecule has 4 heteroatoms. The lowest BCUT2D eigenvalue weighted by molar-refractivity contribution is 0.620. The van der Waals surface area contributed by atoms with Gasteiger partial charge >= 0.3 is 0 Å². The molecule has 0 amide bonds. The molecule has 0 atom stereocenters. The summed E-state index contributed by atoms with van der Waals surface area (Å²) in [6.45, 7) is 0. The normalized spacial score (nSPS) is 13.2. The molecule has 0 fully saturated rings. The Labute approximate surface area is 234 Å². The van der Waals surface area contributed by atoms with Gasteiger partial charge in [-0.15, -0.1) is 0 Å². The van der Waals surface area contributed by atoms with E-state index in [1.54, 1.807) is 0 Å². The lowest BCUT2D eigenvalue weighted by Crippen LogP contribution is -2.23. The van der Waals surface area contributed by atoms with Crippen LogP contribution in [0.15, 0.2) is 146 Å². The van der Waals surface area contributed by atoms with E-state index in [4.69, 9.17) is 4.98 Å². The molecule has 5 aromatic carbocycles. The third-order valence-electron chi connectivity index (χ3n) is 7.28. The van der Waals surface area contributed by atoms with E-state index in [-0.39, 0.29) is 6.17 Å². The van der Waals surface area contributed by atoms with Crippen LogP contribution in [0, 0.1) is 0 Å². The van der Waals surface area contributed by atoms with Gasteiger partial charge in [0.05, 0.1) is 22.8 Å². The Bertz CT molecular complexity index is 1650. The minimum Gasteiger partial charge on any atom is -0.359 e. The summed E-state index contributed by atoms with van der Waals surface area (Å²) in [5, 5.41) is 7.47. The van der Waals surface area contributed by atoms with Crippen molar-refractivity contribution in [2.45, 2.75) is 6.17 Å². The molecule has 1 aliphatic rings. The zero-order valence-electron chi connectivity index (χ0n) is 21.9. The van der Waals surface area contributed by atoms with E-state index < -0.39 is 0 Å². The molecule has 1 aliphatic heterocycles. The van der Waals surface area contributed by atoms with Gasteiger partial charge < -0.3 is 15.6 Å². The fourth-order valence-electron chi connectivity index (χ4n) is 5.26. The molecule has 1 aromatic heterocycles. The summed E-state index contributed by atoms with van der Waals surface area (Å²) < 4.78 is 0. The van der Waals surface area contributed by atoms with E-state index >= 15 is 0 Å². The lowest BCUT2D eigenvalue weighted by Gasteiger charge is -2.15. The van der Waals surface area contributed by atoms with Crippen LogP contribution >= 0.6 is 0 Å². The minimum atomic E-state index is -0.0455. The molecule has 7 rings (SSSR count). The zero-order chi connectivity index (χ0) is 26.7. The van der Waals surface area contributed by atoms with Crippen LogP contribution in [-0.2, 0) is 0 Å². The summed E-state index contributed by atoms with van der Waals surface area (Å²) in [4.78, 5) is 8.67. The maximum atomic E-state index is 5.06. The van der Waals surface area contributed by atoms with Gasteiger partial charge in [0.25, 0.3) is 0 Å². The largest absolute Gasteiger partial charge is 0.359 e. The number of aromatic nitrogens is 2. The first-order valence-corrected chi connectivity index (χ1v) is 13.5. The highest BCUT2D eigenvalue weighted by molar-refractivity contribution is 5.91. The Kier molecular flexibility index (Phi) is 6.19. The van der Waals surface area contributed by atoms with Crippen LogP contribution < -0.4 is 10.6 Å². The molecule has 0 spiro atoms. The Morgan fingerprint density at radius 1 is 0.425 bits per heavy atom. The molecule has 0 aliphatic carbocycles. The van der Waals surface area contributed by atoms with Crippen molar-refractivity contribution >= 4 is 11.4 Å². The second kappa shape index (κ2) is 10.4. The maximum Gasteiger partial charge on any atom is 0.138 e. The standard InChI is InChI=1S/C36H28N4/c1-5-13-25(14-6-1)31-32(26-15-7-2-8-16-26)38-35(37-31)29-21-23-30(24-22-29)36-39-33(27-17-9-3-10-18-27)34(40-36)28-19-11-4-12-20-28/h1-24,35,37-38H,(H,39,40). The molecule has 6 aromatic rings. The monoisotopic (exact) mass is 516 g/mol. The summed E-state index contributed by atoms with van der Waals surface area (Å²) in [5.74, 6) is 0.852. The number of nitrogens with zero attached hydrogens (tertiary/aromatic N) is 1. The van der Waals surface area contributed by atoms with Crippen molar-refractivity contribution in [3.05, 3.63) is 162 Å². The fourth-order valence-corrected chi connectivity index (χ4v) is 5.26. The highest BCUT2D eigenvalue weighted by Gasteiger charge is 2.26. The van der Waals surface area contributed by atoms with Gasteiger partial charge in [-0.05, 0) is 16.7 Å². The van der Waals surface area contributed by atoms with Crippen molar-refractivity contribution < 1.29 is 0 Å². The van der Waals surface area contributed by atoms with Crippen LogP contribution in [0.4, 0.5) is 0 Å². The first kappa shape index (κ1) is 23.7. The molecule has 0 radical (unpaired) electrons. The summed E-state index contributed by atoms with van der Waals surface area (Å²) in [6.07, 6.45) is -0.0455. The van der Waals surface area contributed by atoms with Gasteiger partial charge in [0, 0.05) is 16.7 Å². The third kappa shape index (κ3) is 4.56. The molecule has 0 bridgehead atoms. The van der Waals surface area contributed by atoms with Crippen LogP contribution in [0.2, 0.25) is 0 Å². The Balaban J connectivity index is 1.21. The Morgan fingerprint density at radius 2 is 0.875 bits per heavy atom.